The Morgan fingerprint density at radius 3 is 2.11 bits per heavy atom. The van der Waals surface area contributed by atoms with Crippen LogP contribution in [0.2, 0.25) is 0 Å². The van der Waals surface area contributed by atoms with Gasteiger partial charge in [0, 0.05) is 6.42 Å². The highest BCUT2D eigenvalue weighted by atomic mass is 19.3. The molecule has 0 amide bonds. The van der Waals surface area contributed by atoms with Gasteiger partial charge in [0.1, 0.15) is 0 Å². The quantitative estimate of drug-likeness (QED) is 0.708. The first-order chi connectivity index (χ1) is 8.34. The number of hydrogen-bond donors (Lipinski definition) is 0. The van der Waals surface area contributed by atoms with Crippen molar-refractivity contribution >= 4 is 0 Å². The van der Waals surface area contributed by atoms with Crippen LogP contribution in [0.1, 0.15) is 45.2 Å². The Labute approximate surface area is 108 Å². The van der Waals surface area contributed by atoms with Crippen LogP contribution in [0.3, 0.4) is 0 Å². The summed E-state index contributed by atoms with van der Waals surface area (Å²) in [5.74, 6) is -2.77. The fraction of sp³-hybridized carbons (Fsp3) is 0.625. The zero-order valence-corrected chi connectivity index (χ0v) is 11.6. The van der Waals surface area contributed by atoms with E-state index in [0.29, 0.717) is 6.42 Å². The molecule has 0 nitrogen and oxygen atoms in total. The molecule has 0 unspecified atom stereocenters. The first kappa shape index (κ1) is 13.5. The SMILES string of the molecule is CC(C)C1(C(C)C)c2ccccc2CCC1(F)F. The summed E-state index contributed by atoms with van der Waals surface area (Å²) in [6, 6.07) is 7.75. The minimum absolute atomic E-state index is 0.0274. The largest absolute Gasteiger partial charge is 0.258 e. The lowest BCUT2D eigenvalue weighted by Crippen LogP contribution is -2.55. The third-order valence-electron chi connectivity index (χ3n) is 4.60. The highest BCUT2D eigenvalue weighted by molar-refractivity contribution is 5.41. The molecule has 1 aliphatic rings. The fourth-order valence-electron chi connectivity index (χ4n) is 3.97. The van der Waals surface area contributed by atoms with Crippen LogP contribution < -0.4 is 0 Å². The van der Waals surface area contributed by atoms with Crippen molar-refractivity contribution in [2.24, 2.45) is 11.8 Å². The molecule has 2 rings (SSSR count). The van der Waals surface area contributed by atoms with Gasteiger partial charge in [0.15, 0.2) is 0 Å². The standard InChI is InChI=1S/C16H22F2/c1-11(2)16(12(3)4)14-8-6-5-7-13(14)9-10-15(16,17)18/h5-8,11-12H,9-10H2,1-4H3. The topological polar surface area (TPSA) is 0 Å². The van der Waals surface area contributed by atoms with E-state index in [-0.39, 0.29) is 18.3 Å². The summed E-state index contributed by atoms with van der Waals surface area (Å²) in [5, 5.41) is 0. The van der Waals surface area contributed by atoms with Crippen LogP contribution in [0.25, 0.3) is 0 Å². The number of fused-ring (bicyclic) bond motifs is 1. The number of aryl methyl sites for hydroxylation is 1. The van der Waals surface area contributed by atoms with E-state index in [1.807, 2.05) is 52.0 Å². The van der Waals surface area contributed by atoms with Gasteiger partial charge in [-0.05, 0) is 29.4 Å². The maximum absolute atomic E-state index is 14.7. The Kier molecular flexibility index (Phi) is 3.25. The van der Waals surface area contributed by atoms with Crippen LogP contribution in [0.15, 0.2) is 24.3 Å². The fourth-order valence-corrected chi connectivity index (χ4v) is 3.97. The van der Waals surface area contributed by atoms with Gasteiger partial charge in [-0.3, -0.25) is 0 Å². The number of halogens is 2. The molecule has 2 heteroatoms. The first-order valence-corrected chi connectivity index (χ1v) is 6.80. The van der Waals surface area contributed by atoms with E-state index in [2.05, 4.69) is 0 Å². The van der Waals surface area contributed by atoms with Crippen LogP contribution >= 0.6 is 0 Å². The lowest BCUT2D eigenvalue weighted by molar-refractivity contribution is -0.131. The maximum Gasteiger partial charge on any atom is 0.258 e. The molecule has 100 valence electrons. The molecule has 0 aliphatic heterocycles. The van der Waals surface area contributed by atoms with E-state index in [1.54, 1.807) is 0 Å². The average Bonchev–Trinajstić information content (AvgIpc) is 2.27. The summed E-state index contributed by atoms with van der Waals surface area (Å²) in [6.45, 7) is 7.71. The van der Waals surface area contributed by atoms with E-state index >= 15 is 0 Å². The maximum atomic E-state index is 14.7. The second-order valence-electron chi connectivity index (χ2n) is 6.04. The highest BCUT2D eigenvalue weighted by Gasteiger charge is 2.60. The predicted molar refractivity (Wildman–Crippen MR) is 71.1 cm³/mol. The molecular weight excluding hydrogens is 230 g/mol. The summed E-state index contributed by atoms with van der Waals surface area (Å²) >= 11 is 0. The molecular formula is C16H22F2. The Hall–Kier alpha value is -0.920. The molecule has 1 aromatic rings. The Morgan fingerprint density at radius 1 is 1.00 bits per heavy atom. The summed E-state index contributed by atoms with van der Waals surface area (Å²) in [7, 11) is 0. The Morgan fingerprint density at radius 2 is 1.56 bits per heavy atom. The molecule has 0 bridgehead atoms. The van der Waals surface area contributed by atoms with E-state index < -0.39 is 11.3 Å². The van der Waals surface area contributed by atoms with Gasteiger partial charge in [-0.1, -0.05) is 52.0 Å². The molecule has 18 heavy (non-hydrogen) atoms. The number of alkyl halides is 2. The third kappa shape index (κ3) is 1.61. The van der Waals surface area contributed by atoms with Crippen molar-refractivity contribution in [1.82, 2.24) is 0 Å². The summed E-state index contributed by atoms with van der Waals surface area (Å²) < 4.78 is 29.4. The van der Waals surface area contributed by atoms with Crippen LogP contribution in [0.4, 0.5) is 8.78 Å². The van der Waals surface area contributed by atoms with Gasteiger partial charge in [-0.2, -0.15) is 0 Å². The average molecular weight is 252 g/mol. The molecule has 1 aliphatic carbocycles. The number of rotatable bonds is 2. The van der Waals surface area contributed by atoms with Crippen molar-refractivity contribution in [3.05, 3.63) is 35.4 Å². The van der Waals surface area contributed by atoms with Crippen LogP contribution in [-0.4, -0.2) is 5.92 Å². The summed E-state index contributed by atoms with van der Waals surface area (Å²) in [6.07, 6.45) is 0.463. The van der Waals surface area contributed by atoms with Gasteiger partial charge >= 0.3 is 0 Å². The van der Waals surface area contributed by atoms with Gasteiger partial charge in [-0.15, -0.1) is 0 Å². The predicted octanol–water partition coefficient (Wildman–Crippen LogP) is 4.82. The second kappa shape index (κ2) is 4.32. The minimum atomic E-state index is -2.62. The van der Waals surface area contributed by atoms with Gasteiger partial charge in [0.2, 0.25) is 0 Å². The molecule has 0 heterocycles. The Balaban J connectivity index is 2.73. The lowest BCUT2D eigenvalue weighted by Gasteiger charge is -2.51. The third-order valence-corrected chi connectivity index (χ3v) is 4.60. The van der Waals surface area contributed by atoms with Crippen molar-refractivity contribution in [3.63, 3.8) is 0 Å². The van der Waals surface area contributed by atoms with E-state index in [4.69, 9.17) is 0 Å². The zero-order chi connectivity index (χ0) is 13.6. The molecule has 1 aromatic carbocycles. The lowest BCUT2D eigenvalue weighted by atomic mass is 9.56. The van der Waals surface area contributed by atoms with Gasteiger partial charge in [0.05, 0.1) is 5.41 Å². The van der Waals surface area contributed by atoms with Crippen LogP contribution in [-0.2, 0) is 11.8 Å². The first-order valence-electron chi connectivity index (χ1n) is 6.80. The van der Waals surface area contributed by atoms with E-state index in [0.717, 1.165) is 11.1 Å². The highest BCUT2D eigenvalue weighted by Crippen LogP contribution is 2.56. The summed E-state index contributed by atoms with van der Waals surface area (Å²) in [4.78, 5) is 0. The van der Waals surface area contributed by atoms with Crippen molar-refractivity contribution in [3.8, 4) is 0 Å². The second-order valence-corrected chi connectivity index (χ2v) is 6.04. The van der Waals surface area contributed by atoms with Gasteiger partial charge < -0.3 is 0 Å². The van der Waals surface area contributed by atoms with Crippen molar-refractivity contribution < 1.29 is 8.78 Å². The van der Waals surface area contributed by atoms with Gasteiger partial charge in [-0.25, -0.2) is 8.78 Å². The summed E-state index contributed by atoms with van der Waals surface area (Å²) in [5.41, 5.74) is 0.944. The van der Waals surface area contributed by atoms with Crippen molar-refractivity contribution in [2.45, 2.75) is 51.9 Å². The minimum Gasteiger partial charge on any atom is -0.206 e. The number of benzene rings is 1. The number of hydrogen-bond acceptors (Lipinski definition) is 0. The van der Waals surface area contributed by atoms with E-state index in [1.165, 1.54) is 0 Å². The monoisotopic (exact) mass is 252 g/mol. The smallest absolute Gasteiger partial charge is 0.206 e. The van der Waals surface area contributed by atoms with Crippen LogP contribution in [0, 0.1) is 11.8 Å². The normalized spacial score (nSPS) is 21.1. The Bertz CT molecular complexity index is 424. The van der Waals surface area contributed by atoms with E-state index in [9.17, 15) is 8.78 Å². The molecule has 0 spiro atoms. The molecule has 0 N–H and O–H groups in total. The molecule has 0 fully saturated rings. The molecule has 0 radical (unpaired) electrons. The van der Waals surface area contributed by atoms with Gasteiger partial charge in [0.25, 0.3) is 5.92 Å². The molecule has 0 atom stereocenters. The zero-order valence-electron chi connectivity index (χ0n) is 11.6. The molecule has 0 saturated carbocycles. The van der Waals surface area contributed by atoms with Crippen LogP contribution in [0.5, 0.6) is 0 Å². The molecule has 0 aromatic heterocycles. The van der Waals surface area contributed by atoms with Crippen molar-refractivity contribution in [2.75, 3.05) is 0 Å². The molecule has 0 saturated heterocycles. The van der Waals surface area contributed by atoms with Crippen molar-refractivity contribution in [1.29, 1.82) is 0 Å².